The van der Waals surface area contributed by atoms with Gasteiger partial charge in [0, 0.05) is 58.2 Å². The number of anilines is 2. The minimum atomic E-state index is 0.694. The van der Waals surface area contributed by atoms with Crippen molar-refractivity contribution < 1.29 is 0 Å². The molecule has 5 rings (SSSR count). The highest BCUT2D eigenvalue weighted by molar-refractivity contribution is 5.87. The molecule has 2 aliphatic rings. The molecule has 0 amide bonds. The van der Waals surface area contributed by atoms with Gasteiger partial charge in [-0.25, -0.2) is 15.0 Å². The maximum absolute atomic E-state index is 4.60. The molecule has 3 aromatic rings. The summed E-state index contributed by atoms with van der Waals surface area (Å²) in [7, 11) is 0. The maximum Gasteiger partial charge on any atom is 0.142 e. The van der Waals surface area contributed by atoms with E-state index in [1.165, 1.54) is 19.4 Å². The smallest absolute Gasteiger partial charge is 0.142 e. The van der Waals surface area contributed by atoms with Crippen LogP contribution in [0.3, 0.4) is 0 Å². The Balaban J connectivity index is 1.19. The van der Waals surface area contributed by atoms with Crippen molar-refractivity contribution in [2.75, 3.05) is 55.6 Å². The number of H-pyrrole nitrogens is 1. The first-order valence-electron chi connectivity index (χ1n) is 10.3. The standard InChI is InChI=1S/C21H27N7/c1-2-7-22-19(5-1)27-12-10-26(11-13-27)14-17-4-3-9-28(15-17)21-18-6-8-23-20(18)24-16-25-21/h1-2,5-8,16-17H,3-4,9-15H2,(H,23,24,25). The van der Waals surface area contributed by atoms with Gasteiger partial charge in [-0.2, -0.15) is 0 Å². The lowest BCUT2D eigenvalue weighted by molar-refractivity contribution is 0.205. The van der Waals surface area contributed by atoms with E-state index >= 15 is 0 Å². The van der Waals surface area contributed by atoms with Crippen LogP contribution in [-0.2, 0) is 0 Å². The lowest BCUT2D eigenvalue weighted by Gasteiger charge is -2.40. The fraction of sp³-hybridized carbons (Fsp3) is 0.476. The van der Waals surface area contributed by atoms with Gasteiger partial charge < -0.3 is 14.8 Å². The number of piperidine rings is 1. The van der Waals surface area contributed by atoms with Gasteiger partial charge in [-0.05, 0) is 37.0 Å². The molecule has 7 nitrogen and oxygen atoms in total. The number of rotatable bonds is 4. The summed E-state index contributed by atoms with van der Waals surface area (Å²) in [5, 5.41) is 1.13. The highest BCUT2D eigenvalue weighted by Gasteiger charge is 2.26. The van der Waals surface area contributed by atoms with E-state index < -0.39 is 0 Å². The minimum Gasteiger partial charge on any atom is -0.356 e. The van der Waals surface area contributed by atoms with Crippen LogP contribution in [0.25, 0.3) is 11.0 Å². The molecule has 2 fully saturated rings. The van der Waals surface area contributed by atoms with Gasteiger partial charge in [-0.3, -0.25) is 4.90 Å². The third-order valence-electron chi connectivity index (χ3n) is 6.01. The zero-order valence-electron chi connectivity index (χ0n) is 16.2. The van der Waals surface area contributed by atoms with Crippen molar-refractivity contribution in [1.29, 1.82) is 0 Å². The van der Waals surface area contributed by atoms with E-state index in [-0.39, 0.29) is 0 Å². The molecule has 0 saturated carbocycles. The van der Waals surface area contributed by atoms with Crippen LogP contribution >= 0.6 is 0 Å². The molecule has 5 heterocycles. The number of fused-ring (bicyclic) bond motifs is 1. The molecule has 1 atom stereocenters. The van der Waals surface area contributed by atoms with Gasteiger partial charge >= 0.3 is 0 Å². The second kappa shape index (κ2) is 7.75. The first kappa shape index (κ1) is 17.4. The summed E-state index contributed by atoms with van der Waals surface area (Å²) < 4.78 is 0. The number of aromatic amines is 1. The van der Waals surface area contributed by atoms with Crippen LogP contribution in [0.4, 0.5) is 11.6 Å². The third-order valence-corrected chi connectivity index (χ3v) is 6.01. The highest BCUT2D eigenvalue weighted by Crippen LogP contribution is 2.27. The predicted octanol–water partition coefficient (Wildman–Crippen LogP) is 2.39. The Morgan fingerprint density at radius 1 is 0.964 bits per heavy atom. The van der Waals surface area contributed by atoms with Gasteiger partial charge in [-0.15, -0.1) is 0 Å². The van der Waals surface area contributed by atoms with Crippen LogP contribution in [0.1, 0.15) is 12.8 Å². The summed E-state index contributed by atoms with van der Waals surface area (Å²) in [4.78, 5) is 24.1. The second-order valence-corrected chi connectivity index (χ2v) is 7.87. The van der Waals surface area contributed by atoms with Crippen molar-refractivity contribution in [3.63, 3.8) is 0 Å². The van der Waals surface area contributed by atoms with Gasteiger partial charge in [0.25, 0.3) is 0 Å². The maximum atomic E-state index is 4.60. The summed E-state index contributed by atoms with van der Waals surface area (Å²) in [6, 6.07) is 8.25. The number of aromatic nitrogens is 4. The molecule has 0 radical (unpaired) electrons. The molecule has 2 aliphatic heterocycles. The van der Waals surface area contributed by atoms with Crippen LogP contribution < -0.4 is 9.80 Å². The van der Waals surface area contributed by atoms with Gasteiger partial charge in [0.15, 0.2) is 0 Å². The van der Waals surface area contributed by atoms with Crippen molar-refractivity contribution >= 4 is 22.7 Å². The predicted molar refractivity (Wildman–Crippen MR) is 112 cm³/mol. The molecule has 0 aromatic carbocycles. The molecule has 1 unspecified atom stereocenters. The average Bonchev–Trinajstić information content (AvgIpc) is 3.24. The summed E-state index contributed by atoms with van der Waals surface area (Å²) in [5.41, 5.74) is 0.928. The molecule has 1 N–H and O–H groups in total. The summed E-state index contributed by atoms with van der Waals surface area (Å²) in [5.74, 6) is 2.88. The molecule has 146 valence electrons. The topological polar surface area (TPSA) is 64.2 Å². The number of hydrogen-bond acceptors (Lipinski definition) is 6. The first-order chi connectivity index (χ1) is 13.9. The Kier molecular flexibility index (Phi) is 4.83. The van der Waals surface area contributed by atoms with Crippen molar-refractivity contribution in [2.45, 2.75) is 12.8 Å². The number of hydrogen-bond donors (Lipinski definition) is 1. The zero-order valence-corrected chi connectivity index (χ0v) is 16.2. The van der Waals surface area contributed by atoms with Crippen LogP contribution in [0.2, 0.25) is 0 Å². The molecular formula is C21H27N7. The summed E-state index contributed by atoms with van der Waals surface area (Å²) in [6.45, 7) is 7.69. The second-order valence-electron chi connectivity index (χ2n) is 7.87. The minimum absolute atomic E-state index is 0.694. The molecule has 2 saturated heterocycles. The molecule has 7 heteroatoms. The van der Waals surface area contributed by atoms with E-state index in [0.29, 0.717) is 5.92 Å². The van der Waals surface area contributed by atoms with Crippen molar-refractivity contribution in [3.8, 4) is 0 Å². The lowest BCUT2D eigenvalue weighted by Crippen LogP contribution is -2.50. The molecule has 0 bridgehead atoms. The summed E-state index contributed by atoms with van der Waals surface area (Å²) >= 11 is 0. The fourth-order valence-corrected chi connectivity index (χ4v) is 4.58. The van der Waals surface area contributed by atoms with Crippen LogP contribution in [0.5, 0.6) is 0 Å². The number of piperazine rings is 1. The first-order valence-corrected chi connectivity index (χ1v) is 10.3. The van der Waals surface area contributed by atoms with Gasteiger partial charge in [0.2, 0.25) is 0 Å². The Morgan fingerprint density at radius 3 is 2.75 bits per heavy atom. The third kappa shape index (κ3) is 3.54. The largest absolute Gasteiger partial charge is 0.356 e. The summed E-state index contributed by atoms with van der Waals surface area (Å²) in [6.07, 6.45) is 8.04. The number of nitrogens with zero attached hydrogens (tertiary/aromatic N) is 6. The van der Waals surface area contributed by atoms with E-state index in [0.717, 1.165) is 61.9 Å². The van der Waals surface area contributed by atoms with Gasteiger partial charge in [0.1, 0.15) is 23.6 Å². The molecule has 0 spiro atoms. The van der Waals surface area contributed by atoms with Crippen molar-refractivity contribution in [1.82, 2.24) is 24.8 Å². The van der Waals surface area contributed by atoms with E-state index in [2.05, 4.69) is 52.8 Å². The Bertz CT molecular complexity index is 901. The van der Waals surface area contributed by atoms with E-state index in [1.54, 1.807) is 6.33 Å². The molecule has 3 aromatic heterocycles. The zero-order chi connectivity index (χ0) is 18.8. The van der Waals surface area contributed by atoms with Gasteiger partial charge in [-0.1, -0.05) is 6.07 Å². The van der Waals surface area contributed by atoms with E-state index in [9.17, 15) is 0 Å². The monoisotopic (exact) mass is 377 g/mol. The number of nitrogens with one attached hydrogen (secondary N) is 1. The highest BCUT2D eigenvalue weighted by atomic mass is 15.3. The van der Waals surface area contributed by atoms with E-state index in [4.69, 9.17) is 0 Å². The van der Waals surface area contributed by atoms with Crippen LogP contribution in [0, 0.1) is 5.92 Å². The van der Waals surface area contributed by atoms with Gasteiger partial charge in [0.05, 0.1) is 5.39 Å². The molecular weight excluding hydrogens is 350 g/mol. The Morgan fingerprint density at radius 2 is 1.89 bits per heavy atom. The average molecular weight is 377 g/mol. The Hall–Kier alpha value is -2.67. The number of pyridine rings is 1. The SMILES string of the molecule is c1ccc(N2CCN(CC3CCCN(c4ncnc5[nH]ccc45)C3)CC2)nc1. The Labute approximate surface area is 165 Å². The van der Waals surface area contributed by atoms with Crippen molar-refractivity contribution in [2.24, 2.45) is 5.92 Å². The molecule has 28 heavy (non-hydrogen) atoms. The van der Waals surface area contributed by atoms with E-state index in [1.807, 2.05) is 18.5 Å². The lowest BCUT2D eigenvalue weighted by atomic mass is 9.97. The van der Waals surface area contributed by atoms with Crippen LogP contribution in [-0.4, -0.2) is 70.6 Å². The fourth-order valence-electron chi connectivity index (χ4n) is 4.58. The quantitative estimate of drug-likeness (QED) is 0.753. The molecule has 0 aliphatic carbocycles. The van der Waals surface area contributed by atoms with Crippen LogP contribution in [0.15, 0.2) is 43.0 Å². The normalized spacial score (nSPS) is 21.4. The van der Waals surface area contributed by atoms with Crippen molar-refractivity contribution in [3.05, 3.63) is 43.0 Å².